The first-order chi connectivity index (χ1) is 17.0. The van der Waals surface area contributed by atoms with Gasteiger partial charge in [-0.1, -0.05) is 5.92 Å². The first kappa shape index (κ1) is 28.3. The van der Waals surface area contributed by atoms with Gasteiger partial charge in [0.15, 0.2) is 0 Å². The third-order valence-corrected chi connectivity index (χ3v) is 9.66. The molecule has 0 saturated carbocycles. The van der Waals surface area contributed by atoms with Crippen molar-refractivity contribution in [2.24, 2.45) is 0 Å². The van der Waals surface area contributed by atoms with Crippen LogP contribution in [0.4, 0.5) is 0 Å². The van der Waals surface area contributed by atoms with Crippen molar-refractivity contribution in [2.75, 3.05) is 46.4 Å². The number of carbonyl (C=O) groups is 2. The zero-order chi connectivity index (χ0) is 26.5. The molecule has 1 aromatic carbocycles. The summed E-state index contributed by atoms with van der Waals surface area (Å²) in [6.45, 7) is 8.18. The molecule has 0 radical (unpaired) electrons. The second kappa shape index (κ2) is 11.8. The average Bonchev–Trinajstić information content (AvgIpc) is 2.83. The Balaban J connectivity index is 1.85. The largest absolute Gasteiger partial charge is 0.481 e. The number of hydrogen-bond acceptors (Lipinski definition) is 8. The summed E-state index contributed by atoms with van der Waals surface area (Å²) in [5.74, 6) is 5.10. The lowest BCUT2D eigenvalue weighted by molar-refractivity contribution is -0.134. The molecule has 2 atom stereocenters. The summed E-state index contributed by atoms with van der Waals surface area (Å²) in [4.78, 5) is 29.6. The van der Waals surface area contributed by atoms with Gasteiger partial charge in [-0.05, 0) is 52.1 Å². The van der Waals surface area contributed by atoms with Crippen molar-refractivity contribution in [3.63, 3.8) is 0 Å². The molecule has 198 valence electrons. The minimum absolute atomic E-state index is 0.0148. The summed E-state index contributed by atoms with van der Waals surface area (Å²) in [5.41, 5.74) is 1.62. The molecule has 36 heavy (non-hydrogen) atoms. The van der Waals surface area contributed by atoms with Gasteiger partial charge in [0.2, 0.25) is 15.9 Å². The number of piperazine rings is 1. The first-order valence-electron chi connectivity index (χ1n) is 11.7. The summed E-state index contributed by atoms with van der Waals surface area (Å²) in [6.07, 6.45) is 0.155. The monoisotopic (exact) mass is 538 g/mol. The molecule has 12 heteroatoms. The number of hydroxylamine groups is 1. The number of likely N-dealkylation sites (N-methyl/N-ethyl adjacent to an activating group) is 1. The summed E-state index contributed by atoms with van der Waals surface area (Å²) >= 11 is 1.39. The predicted molar refractivity (Wildman–Crippen MR) is 137 cm³/mol. The minimum Gasteiger partial charge on any atom is -0.481 e. The molecule has 1 aromatic rings. The van der Waals surface area contributed by atoms with E-state index in [1.54, 1.807) is 31.2 Å². The number of carbonyl (C=O) groups excluding carboxylic acids is 2. The van der Waals surface area contributed by atoms with Crippen molar-refractivity contribution in [3.05, 3.63) is 24.3 Å². The van der Waals surface area contributed by atoms with E-state index < -0.39 is 26.7 Å². The fraction of sp³-hybridized carbons (Fsp3) is 0.583. The Hall–Kier alpha value is -2.30. The highest BCUT2D eigenvalue weighted by atomic mass is 32.2. The third kappa shape index (κ3) is 6.52. The fourth-order valence-corrected chi connectivity index (χ4v) is 8.06. The molecule has 2 fully saturated rings. The van der Waals surface area contributed by atoms with E-state index in [2.05, 4.69) is 16.7 Å². The number of rotatable bonds is 7. The van der Waals surface area contributed by atoms with Crippen molar-refractivity contribution in [1.82, 2.24) is 19.6 Å². The summed E-state index contributed by atoms with van der Waals surface area (Å²) in [7, 11) is -2.14. The van der Waals surface area contributed by atoms with Gasteiger partial charge in [0.25, 0.3) is 5.91 Å². The molecule has 2 amide bonds. The standard InChI is InChI=1S/C24H34N4O6S2/c1-5-6-15-34-18-7-9-20(10-8-18)36(32,33)28-17-19(35-24(2,3)22(28)23(30)25-31)16-21(29)27-13-11-26(4)12-14-27/h7-10,19,22,31H,11-17H2,1-4H3,(H,25,30). The van der Waals surface area contributed by atoms with Crippen LogP contribution >= 0.6 is 11.8 Å². The Kier molecular flexibility index (Phi) is 9.29. The van der Waals surface area contributed by atoms with Crippen LogP contribution in [-0.2, 0) is 19.6 Å². The van der Waals surface area contributed by atoms with Crippen LogP contribution in [0.2, 0.25) is 0 Å². The van der Waals surface area contributed by atoms with Gasteiger partial charge in [0.1, 0.15) is 18.4 Å². The minimum atomic E-state index is -4.15. The molecular weight excluding hydrogens is 504 g/mol. The Morgan fingerprint density at radius 3 is 2.42 bits per heavy atom. The van der Waals surface area contributed by atoms with E-state index in [0.29, 0.717) is 18.8 Å². The van der Waals surface area contributed by atoms with E-state index in [1.807, 2.05) is 7.05 Å². The second-order valence-electron chi connectivity index (χ2n) is 9.37. The van der Waals surface area contributed by atoms with Crippen LogP contribution in [0.3, 0.4) is 0 Å². The van der Waals surface area contributed by atoms with E-state index in [4.69, 9.17) is 4.74 Å². The lowest BCUT2D eigenvalue weighted by Gasteiger charge is -2.47. The van der Waals surface area contributed by atoms with Gasteiger partial charge in [-0.3, -0.25) is 14.8 Å². The Bertz CT molecular complexity index is 1110. The SMILES string of the molecule is CC#CCOc1ccc(S(=O)(=O)N2CC(CC(=O)N3CCN(C)CC3)SC(C)(C)C2C(=O)NO)cc1. The number of nitrogens with zero attached hydrogens (tertiary/aromatic N) is 3. The normalized spacial score (nSPS) is 22.9. The number of nitrogens with one attached hydrogen (secondary N) is 1. The number of benzene rings is 1. The molecule has 2 aliphatic rings. The molecule has 0 aromatic heterocycles. The van der Waals surface area contributed by atoms with Gasteiger partial charge in [-0.25, -0.2) is 13.9 Å². The highest BCUT2D eigenvalue weighted by Crippen LogP contribution is 2.43. The van der Waals surface area contributed by atoms with Gasteiger partial charge in [0.05, 0.1) is 4.90 Å². The molecule has 2 aliphatic heterocycles. The molecule has 0 aliphatic carbocycles. The molecule has 2 saturated heterocycles. The van der Waals surface area contributed by atoms with Crippen LogP contribution < -0.4 is 10.2 Å². The van der Waals surface area contributed by atoms with Gasteiger partial charge < -0.3 is 14.5 Å². The molecule has 2 heterocycles. The molecule has 3 rings (SSSR count). The van der Waals surface area contributed by atoms with E-state index in [-0.39, 0.29) is 35.6 Å². The van der Waals surface area contributed by atoms with Crippen LogP contribution in [0.5, 0.6) is 5.75 Å². The van der Waals surface area contributed by atoms with Crippen LogP contribution in [0.15, 0.2) is 29.2 Å². The first-order valence-corrected chi connectivity index (χ1v) is 14.0. The van der Waals surface area contributed by atoms with Crippen molar-refractivity contribution < 1.29 is 28.0 Å². The maximum Gasteiger partial charge on any atom is 0.263 e. The highest BCUT2D eigenvalue weighted by Gasteiger charge is 2.51. The maximum absolute atomic E-state index is 13.7. The Morgan fingerprint density at radius 1 is 1.19 bits per heavy atom. The number of thioether (sulfide) groups is 1. The Morgan fingerprint density at radius 2 is 1.83 bits per heavy atom. The number of amides is 2. The molecule has 2 unspecified atom stereocenters. The number of hydrogen-bond donors (Lipinski definition) is 2. The molecule has 10 nitrogen and oxygen atoms in total. The van der Waals surface area contributed by atoms with Gasteiger partial charge in [-0.15, -0.1) is 17.7 Å². The average molecular weight is 539 g/mol. The Labute approximate surface area is 217 Å². The van der Waals surface area contributed by atoms with Crippen LogP contribution in [-0.4, -0.2) is 102 Å². The van der Waals surface area contributed by atoms with E-state index in [1.165, 1.54) is 36.0 Å². The summed E-state index contributed by atoms with van der Waals surface area (Å²) in [5, 5.41) is 9.03. The van der Waals surface area contributed by atoms with Crippen molar-refractivity contribution in [2.45, 2.75) is 48.1 Å². The fourth-order valence-electron chi connectivity index (χ4n) is 4.45. The lowest BCUT2D eigenvalue weighted by atomic mass is 10.0. The molecule has 0 spiro atoms. The van der Waals surface area contributed by atoms with E-state index in [9.17, 15) is 23.2 Å². The summed E-state index contributed by atoms with van der Waals surface area (Å²) in [6, 6.07) is 4.71. The van der Waals surface area contributed by atoms with E-state index >= 15 is 0 Å². The molecule has 2 N–H and O–H groups in total. The smallest absolute Gasteiger partial charge is 0.263 e. The maximum atomic E-state index is 13.7. The van der Waals surface area contributed by atoms with Crippen molar-refractivity contribution >= 4 is 33.6 Å². The lowest BCUT2D eigenvalue weighted by Crippen LogP contribution is -2.63. The van der Waals surface area contributed by atoms with Crippen molar-refractivity contribution in [1.29, 1.82) is 0 Å². The van der Waals surface area contributed by atoms with Crippen LogP contribution in [0.25, 0.3) is 0 Å². The molecule has 0 bridgehead atoms. The quantitative estimate of drug-likeness (QED) is 0.300. The third-order valence-electron chi connectivity index (χ3n) is 6.34. The second-order valence-corrected chi connectivity index (χ2v) is 13.2. The zero-order valence-corrected chi connectivity index (χ0v) is 22.7. The van der Waals surface area contributed by atoms with Gasteiger partial charge in [-0.2, -0.15) is 4.31 Å². The van der Waals surface area contributed by atoms with E-state index in [0.717, 1.165) is 17.4 Å². The topological polar surface area (TPSA) is 119 Å². The van der Waals surface area contributed by atoms with Crippen molar-refractivity contribution in [3.8, 4) is 17.6 Å². The summed E-state index contributed by atoms with van der Waals surface area (Å²) < 4.78 is 33.1. The van der Waals surface area contributed by atoms with Crippen LogP contribution in [0.1, 0.15) is 27.2 Å². The zero-order valence-electron chi connectivity index (χ0n) is 21.1. The number of ether oxygens (including phenoxy) is 1. The predicted octanol–water partition coefficient (Wildman–Crippen LogP) is 1.01. The number of sulfonamides is 1. The highest BCUT2D eigenvalue weighted by molar-refractivity contribution is 8.01. The molecular formula is C24H34N4O6S2. The van der Waals surface area contributed by atoms with Gasteiger partial charge >= 0.3 is 0 Å². The van der Waals surface area contributed by atoms with Crippen LogP contribution in [0, 0.1) is 11.8 Å². The van der Waals surface area contributed by atoms with Gasteiger partial charge in [0, 0.05) is 49.1 Å².